The number of ketones is 1. The Labute approximate surface area is 199 Å². The summed E-state index contributed by atoms with van der Waals surface area (Å²) in [5.74, 6) is 0.794. The van der Waals surface area contributed by atoms with Crippen LogP contribution in [0.15, 0.2) is 30.9 Å². The molecule has 0 unspecified atom stereocenters. The topological polar surface area (TPSA) is 107 Å². The third-order valence-corrected chi connectivity index (χ3v) is 6.57. The zero-order valence-corrected chi connectivity index (χ0v) is 20.3. The van der Waals surface area contributed by atoms with Crippen LogP contribution in [-0.4, -0.2) is 66.7 Å². The lowest BCUT2D eigenvalue weighted by molar-refractivity contribution is -0.149. The maximum Gasteiger partial charge on any atom is 0.328 e. The Morgan fingerprint density at radius 3 is 2.76 bits per heavy atom. The van der Waals surface area contributed by atoms with Crippen molar-refractivity contribution in [3.8, 4) is 0 Å². The molecule has 4 rings (SSSR count). The first-order valence-corrected chi connectivity index (χ1v) is 11.9. The van der Waals surface area contributed by atoms with Crippen LogP contribution in [-0.2, 0) is 27.4 Å². The smallest absolute Gasteiger partial charge is 0.328 e. The maximum absolute atomic E-state index is 12.4. The number of aromatic nitrogens is 5. The molecule has 3 aromatic heterocycles. The lowest BCUT2D eigenvalue weighted by Crippen LogP contribution is -2.31. The summed E-state index contributed by atoms with van der Waals surface area (Å²) in [5.41, 5.74) is 1.58. The van der Waals surface area contributed by atoms with E-state index in [9.17, 15) is 9.59 Å². The Morgan fingerprint density at radius 2 is 2.06 bits per heavy atom. The lowest BCUT2D eigenvalue weighted by atomic mass is 10.0. The molecule has 3 aromatic rings. The summed E-state index contributed by atoms with van der Waals surface area (Å²) in [6.45, 7) is 7.46. The number of Topliss-reactive ketones (excluding diaryl/α,β-unsaturated/α-hetero) is 1. The monoisotopic (exact) mass is 467 g/mol. The highest BCUT2D eigenvalue weighted by atomic mass is 16.5. The molecule has 0 aromatic carbocycles. The van der Waals surface area contributed by atoms with E-state index in [2.05, 4.69) is 40.0 Å². The van der Waals surface area contributed by atoms with Gasteiger partial charge < -0.3 is 14.6 Å². The van der Waals surface area contributed by atoms with Crippen molar-refractivity contribution in [1.82, 2.24) is 29.2 Å². The number of nitrogens with zero attached hydrogens (tertiary/aromatic N) is 6. The number of nitrogens with one attached hydrogen (secondary N) is 1. The maximum atomic E-state index is 12.4. The normalized spacial score (nSPS) is 18.6. The summed E-state index contributed by atoms with van der Waals surface area (Å²) in [4.78, 5) is 35.1. The highest BCUT2D eigenvalue weighted by Gasteiger charge is 2.34. The second kappa shape index (κ2) is 10.3. The molecule has 2 atom stereocenters. The third kappa shape index (κ3) is 5.44. The number of fused-ring (bicyclic) bond motifs is 1. The van der Waals surface area contributed by atoms with Gasteiger partial charge in [-0.1, -0.05) is 26.7 Å². The highest BCUT2D eigenvalue weighted by molar-refractivity contribution is 5.82. The number of carbonyl (C=O) groups excluding carboxylic acids is 2. The van der Waals surface area contributed by atoms with E-state index in [1.807, 2.05) is 24.2 Å². The Hall–Kier alpha value is -3.27. The van der Waals surface area contributed by atoms with Gasteiger partial charge in [-0.3, -0.25) is 19.2 Å². The first-order valence-electron chi connectivity index (χ1n) is 11.9. The van der Waals surface area contributed by atoms with E-state index in [1.165, 1.54) is 4.68 Å². The van der Waals surface area contributed by atoms with Crippen LogP contribution in [0, 0.1) is 5.92 Å². The minimum absolute atomic E-state index is 0.00913. The minimum atomic E-state index is -0.380. The summed E-state index contributed by atoms with van der Waals surface area (Å²) in [6, 6.07) is 1.85. The highest BCUT2D eigenvalue weighted by Crippen LogP contribution is 2.21. The van der Waals surface area contributed by atoms with Gasteiger partial charge >= 0.3 is 5.97 Å². The number of ether oxygens (including phenoxy) is 1. The van der Waals surface area contributed by atoms with Gasteiger partial charge in [0, 0.05) is 43.5 Å². The predicted molar refractivity (Wildman–Crippen MR) is 129 cm³/mol. The van der Waals surface area contributed by atoms with Crippen molar-refractivity contribution in [3.05, 3.63) is 30.9 Å². The molecule has 1 fully saturated rings. The van der Waals surface area contributed by atoms with Crippen LogP contribution in [0.2, 0.25) is 0 Å². The van der Waals surface area contributed by atoms with Crippen molar-refractivity contribution >= 4 is 34.4 Å². The fraction of sp³-hybridized carbons (Fsp3) is 0.542. The largest absolute Gasteiger partial charge is 0.460 e. The number of rotatable bonds is 10. The molecule has 4 heterocycles. The van der Waals surface area contributed by atoms with Gasteiger partial charge in [0.2, 0.25) is 5.95 Å². The van der Waals surface area contributed by atoms with Crippen LogP contribution >= 0.6 is 0 Å². The Kier molecular flexibility index (Phi) is 7.26. The SMILES string of the molecule is CCC(CC)Cn1ccc2cnc(Nc3cnn(CC(=O)O[C@@H]4C[C@@H](C(C)=O)N(C)C4)c3)nc21. The first-order chi connectivity index (χ1) is 16.4. The van der Waals surface area contributed by atoms with Crippen LogP contribution in [0.3, 0.4) is 0 Å². The number of esters is 1. The minimum Gasteiger partial charge on any atom is -0.460 e. The van der Waals surface area contributed by atoms with E-state index in [0.29, 0.717) is 30.5 Å². The molecule has 0 spiro atoms. The molecule has 0 radical (unpaired) electrons. The van der Waals surface area contributed by atoms with E-state index in [0.717, 1.165) is 30.4 Å². The molecule has 0 bridgehead atoms. The van der Waals surface area contributed by atoms with Gasteiger partial charge in [0.25, 0.3) is 0 Å². The van der Waals surface area contributed by atoms with Gasteiger partial charge in [-0.25, -0.2) is 4.98 Å². The zero-order valence-electron chi connectivity index (χ0n) is 20.3. The van der Waals surface area contributed by atoms with E-state index < -0.39 is 0 Å². The molecule has 1 aliphatic rings. The van der Waals surface area contributed by atoms with Crippen molar-refractivity contribution in [2.45, 2.75) is 65.3 Å². The standard InChI is InChI=1S/C24H33N7O3/c1-5-17(6-2)12-30-8-7-18-10-25-24(28-23(18)30)27-19-11-26-31(13-19)15-22(33)34-20-9-21(16(3)32)29(4)14-20/h7-8,10-11,13,17,20-21H,5-6,9,12,14-15H2,1-4H3,(H,25,27,28)/t20-,21+/m1/s1. The molecular formula is C24H33N7O3. The van der Waals surface area contributed by atoms with Crippen LogP contribution in [0.4, 0.5) is 11.6 Å². The second-order valence-electron chi connectivity index (χ2n) is 9.09. The molecule has 34 heavy (non-hydrogen) atoms. The number of likely N-dealkylation sites (tertiary alicyclic amines) is 1. The summed E-state index contributed by atoms with van der Waals surface area (Å²) < 4.78 is 9.25. The second-order valence-corrected chi connectivity index (χ2v) is 9.09. The van der Waals surface area contributed by atoms with E-state index in [-0.39, 0.29) is 30.4 Å². The number of hydrogen-bond donors (Lipinski definition) is 1. The molecule has 1 saturated heterocycles. The van der Waals surface area contributed by atoms with Gasteiger partial charge in [-0.05, 0) is 26.0 Å². The van der Waals surface area contributed by atoms with E-state index in [4.69, 9.17) is 9.72 Å². The van der Waals surface area contributed by atoms with E-state index in [1.54, 1.807) is 19.3 Å². The molecule has 0 amide bonds. The molecular weight excluding hydrogens is 434 g/mol. The first kappa shape index (κ1) is 23.9. The fourth-order valence-corrected chi connectivity index (χ4v) is 4.52. The van der Waals surface area contributed by atoms with Gasteiger partial charge in [0.1, 0.15) is 24.1 Å². The van der Waals surface area contributed by atoms with Crippen molar-refractivity contribution < 1.29 is 14.3 Å². The lowest BCUT2D eigenvalue weighted by Gasteiger charge is -2.14. The number of carbonyl (C=O) groups is 2. The van der Waals surface area contributed by atoms with Crippen molar-refractivity contribution in [3.63, 3.8) is 0 Å². The average Bonchev–Trinajstić information content (AvgIpc) is 3.51. The molecule has 0 saturated carbocycles. The Morgan fingerprint density at radius 1 is 1.26 bits per heavy atom. The van der Waals surface area contributed by atoms with Crippen LogP contribution < -0.4 is 5.32 Å². The fourth-order valence-electron chi connectivity index (χ4n) is 4.52. The van der Waals surface area contributed by atoms with Gasteiger partial charge in [0.15, 0.2) is 0 Å². The molecule has 1 N–H and O–H groups in total. The molecule has 10 nitrogen and oxygen atoms in total. The summed E-state index contributed by atoms with van der Waals surface area (Å²) in [5, 5.41) is 8.41. The quantitative estimate of drug-likeness (QED) is 0.454. The van der Waals surface area contributed by atoms with Crippen LogP contribution in [0.25, 0.3) is 11.0 Å². The van der Waals surface area contributed by atoms with Gasteiger partial charge in [-0.15, -0.1) is 0 Å². The molecule has 10 heteroatoms. The Balaban J connectivity index is 1.36. The summed E-state index contributed by atoms with van der Waals surface area (Å²) >= 11 is 0. The Bertz CT molecular complexity index is 1150. The van der Waals surface area contributed by atoms with Crippen LogP contribution in [0.1, 0.15) is 40.0 Å². The molecule has 1 aliphatic heterocycles. The van der Waals surface area contributed by atoms with Crippen LogP contribution in [0.5, 0.6) is 0 Å². The summed E-state index contributed by atoms with van der Waals surface area (Å²) in [7, 11) is 1.87. The van der Waals surface area contributed by atoms with Gasteiger partial charge in [-0.2, -0.15) is 10.1 Å². The van der Waals surface area contributed by atoms with Gasteiger partial charge in [0.05, 0.1) is 17.9 Å². The zero-order chi connectivity index (χ0) is 24.2. The predicted octanol–water partition coefficient (Wildman–Crippen LogP) is 3.01. The molecule has 0 aliphatic carbocycles. The van der Waals surface area contributed by atoms with Crippen molar-refractivity contribution in [2.75, 3.05) is 18.9 Å². The third-order valence-electron chi connectivity index (χ3n) is 6.57. The van der Waals surface area contributed by atoms with Crippen molar-refractivity contribution in [2.24, 2.45) is 5.92 Å². The molecule has 182 valence electrons. The average molecular weight is 468 g/mol. The number of hydrogen-bond acceptors (Lipinski definition) is 8. The number of anilines is 2. The number of likely N-dealkylation sites (N-methyl/N-ethyl adjacent to an activating group) is 1. The van der Waals surface area contributed by atoms with E-state index >= 15 is 0 Å². The van der Waals surface area contributed by atoms with Crippen molar-refractivity contribution in [1.29, 1.82) is 0 Å². The summed E-state index contributed by atoms with van der Waals surface area (Å²) in [6.07, 6.45) is 9.72.